The van der Waals surface area contributed by atoms with E-state index in [1.807, 2.05) is 37.3 Å². The van der Waals surface area contributed by atoms with Crippen LogP contribution in [0.15, 0.2) is 42.5 Å². The Morgan fingerprint density at radius 3 is 2.11 bits per heavy atom. The maximum atomic E-state index is 7.44. The zero-order valence-electron chi connectivity index (χ0n) is 10.9. The van der Waals surface area contributed by atoms with Crippen molar-refractivity contribution >= 4 is 5.84 Å². The van der Waals surface area contributed by atoms with E-state index in [1.165, 1.54) is 0 Å². The fourth-order valence-electron chi connectivity index (χ4n) is 1.78. The van der Waals surface area contributed by atoms with Crippen molar-refractivity contribution in [2.75, 3.05) is 7.11 Å². The summed E-state index contributed by atoms with van der Waals surface area (Å²) in [7, 11) is 1.62. The molecule has 19 heavy (non-hydrogen) atoms. The highest BCUT2D eigenvalue weighted by atomic mass is 16.5. The predicted octanol–water partition coefficient (Wildman–Crippen LogP) is 3.08. The van der Waals surface area contributed by atoms with E-state index < -0.39 is 0 Å². The molecule has 0 aliphatic rings. The number of ether oxygens (including phenoxy) is 2. The number of amidine groups is 1. The van der Waals surface area contributed by atoms with E-state index in [9.17, 15) is 0 Å². The second-order valence-electron chi connectivity index (χ2n) is 4.17. The zero-order valence-corrected chi connectivity index (χ0v) is 10.9. The molecule has 0 saturated carbocycles. The van der Waals surface area contributed by atoms with Gasteiger partial charge in [-0.2, -0.15) is 0 Å². The number of hydrogen-bond acceptors (Lipinski definition) is 3. The van der Waals surface area contributed by atoms with Crippen LogP contribution in [-0.4, -0.2) is 12.9 Å². The third kappa shape index (κ3) is 3.04. The van der Waals surface area contributed by atoms with Crippen molar-refractivity contribution in [2.24, 2.45) is 5.73 Å². The molecule has 0 saturated heterocycles. The first-order chi connectivity index (χ1) is 9.10. The van der Waals surface area contributed by atoms with Crippen LogP contribution in [0.3, 0.4) is 0 Å². The van der Waals surface area contributed by atoms with Gasteiger partial charge < -0.3 is 15.2 Å². The second-order valence-corrected chi connectivity index (χ2v) is 4.17. The minimum Gasteiger partial charge on any atom is -0.497 e. The van der Waals surface area contributed by atoms with Crippen LogP contribution in [0.4, 0.5) is 0 Å². The van der Waals surface area contributed by atoms with Crippen LogP contribution in [-0.2, 0) is 0 Å². The van der Waals surface area contributed by atoms with Crippen molar-refractivity contribution in [1.29, 1.82) is 5.41 Å². The lowest BCUT2D eigenvalue weighted by molar-refractivity contribution is 0.413. The van der Waals surface area contributed by atoms with Crippen LogP contribution in [0.25, 0.3) is 0 Å². The molecule has 3 N–H and O–H groups in total. The highest BCUT2D eigenvalue weighted by Crippen LogP contribution is 2.25. The van der Waals surface area contributed by atoms with Gasteiger partial charge in [-0.25, -0.2) is 0 Å². The molecule has 0 unspecified atom stereocenters. The minimum absolute atomic E-state index is 0.0634. The van der Waals surface area contributed by atoms with Crippen LogP contribution in [0.5, 0.6) is 17.2 Å². The van der Waals surface area contributed by atoms with Gasteiger partial charge in [0, 0.05) is 5.56 Å². The highest BCUT2D eigenvalue weighted by Gasteiger charge is 2.04. The normalized spacial score (nSPS) is 10.0. The average Bonchev–Trinajstić information content (AvgIpc) is 2.39. The zero-order chi connectivity index (χ0) is 13.8. The first kappa shape index (κ1) is 13.0. The first-order valence-electron chi connectivity index (χ1n) is 5.87. The molecular formula is C15H16N2O2. The molecule has 98 valence electrons. The minimum atomic E-state index is 0.0634. The van der Waals surface area contributed by atoms with Gasteiger partial charge in [0.15, 0.2) is 0 Å². The SMILES string of the molecule is COc1ccc(Oc2ccc(C(=N)N)c(C)c2)cc1. The molecule has 0 aliphatic heterocycles. The lowest BCUT2D eigenvalue weighted by atomic mass is 10.1. The standard InChI is InChI=1S/C15H16N2O2/c1-10-9-13(7-8-14(10)15(16)17)19-12-5-3-11(18-2)4-6-12/h3-9H,1-2H3,(H3,16,17). The van der Waals surface area contributed by atoms with Gasteiger partial charge in [-0.05, 0) is 55.0 Å². The molecule has 2 rings (SSSR count). The topological polar surface area (TPSA) is 68.3 Å². The molecule has 2 aromatic carbocycles. The van der Waals surface area contributed by atoms with E-state index in [-0.39, 0.29) is 5.84 Å². The number of methoxy groups -OCH3 is 1. The molecule has 0 spiro atoms. The van der Waals surface area contributed by atoms with Crippen LogP contribution in [0, 0.1) is 12.3 Å². The van der Waals surface area contributed by atoms with Crippen LogP contribution in [0.2, 0.25) is 0 Å². The summed E-state index contributed by atoms with van der Waals surface area (Å²) in [5, 5.41) is 7.44. The quantitative estimate of drug-likeness (QED) is 0.652. The van der Waals surface area contributed by atoms with Crippen LogP contribution >= 0.6 is 0 Å². The molecule has 0 heterocycles. The lowest BCUT2D eigenvalue weighted by Gasteiger charge is -2.09. The molecule has 0 radical (unpaired) electrons. The Balaban J connectivity index is 2.18. The molecule has 0 fully saturated rings. The van der Waals surface area contributed by atoms with E-state index in [2.05, 4.69) is 0 Å². The van der Waals surface area contributed by atoms with Gasteiger partial charge in [0.05, 0.1) is 7.11 Å². The predicted molar refractivity (Wildman–Crippen MR) is 75.3 cm³/mol. The number of rotatable bonds is 4. The largest absolute Gasteiger partial charge is 0.497 e. The maximum absolute atomic E-state index is 7.44. The third-order valence-electron chi connectivity index (χ3n) is 2.78. The fourth-order valence-corrected chi connectivity index (χ4v) is 1.78. The van der Waals surface area contributed by atoms with E-state index in [0.29, 0.717) is 5.75 Å². The molecule has 0 atom stereocenters. The van der Waals surface area contributed by atoms with Crippen molar-refractivity contribution in [3.63, 3.8) is 0 Å². The molecule has 0 amide bonds. The van der Waals surface area contributed by atoms with E-state index in [4.69, 9.17) is 20.6 Å². The Morgan fingerprint density at radius 2 is 1.58 bits per heavy atom. The van der Waals surface area contributed by atoms with Gasteiger partial charge in [-0.3, -0.25) is 5.41 Å². The summed E-state index contributed by atoms with van der Waals surface area (Å²) < 4.78 is 10.8. The van der Waals surface area contributed by atoms with Gasteiger partial charge in [0.1, 0.15) is 23.1 Å². The number of benzene rings is 2. The highest BCUT2D eigenvalue weighted by molar-refractivity contribution is 5.96. The molecule has 4 nitrogen and oxygen atoms in total. The Hall–Kier alpha value is -2.49. The van der Waals surface area contributed by atoms with Gasteiger partial charge >= 0.3 is 0 Å². The summed E-state index contributed by atoms with van der Waals surface area (Å²) in [6, 6.07) is 12.8. The summed E-state index contributed by atoms with van der Waals surface area (Å²) in [6.45, 7) is 1.90. The van der Waals surface area contributed by atoms with E-state index >= 15 is 0 Å². The third-order valence-corrected chi connectivity index (χ3v) is 2.78. The summed E-state index contributed by atoms with van der Waals surface area (Å²) in [5.41, 5.74) is 7.12. The van der Waals surface area contributed by atoms with E-state index in [0.717, 1.165) is 22.6 Å². The van der Waals surface area contributed by atoms with Gasteiger partial charge in [0.2, 0.25) is 0 Å². The smallest absolute Gasteiger partial charge is 0.127 e. The molecule has 0 aromatic heterocycles. The second kappa shape index (κ2) is 5.44. The van der Waals surface area contributed by atoms with Crippen molar-refractivity contribution in [3.8, 4) is 17.2 Å². The van der Waals surface area contributed by atoms with Crippen molar-refractivity contribution < 1.29 is 9.47 Å². The van der Waals surface area contributed by atoms with Crippen molar-refractivity contribution in [3.05, 3.63) is 53.6 Å². The average molecular weight is 256 g/mol. The van der Waals surface area contributed by atoms with Gasteiger partial charge in [-0.15, -0.1) is 0 Å². The van der Waals surface area contributed by atoms with Crippen molar-refractivity contribution in [1.82, 2.24) is 0 Å². The van der Waals surface area contributed by atoms with E-state index in [1.54, 1.807) is 19.2 Å². The molecule has 0 aliphatic carbocycles. The summed E-state index contributed by atoms with van der Waals surface area (Å²) in [4.78, 5) is 0. The van der Waals surface area contributed by atoms with Crippen molar-refractivity contribution in [2.45, 2.75) is 6.92 Å². The Bertz CT molecular complexity index is 592. The number of aryl methyl sites for hydroxylation is 1. The fraction of sp³-hybridized carbons (Fsp3) is 0.133. The molecule has 4 heteroatoms. The molecule has 0 bridgehead atoms. The number of nitrogens with one attached hydrogen (secondary N) is 1. The monoisotopic (exact) mass is 256 g/mol. The van der Waals surface area contributed by atoms with Crippen LogP contribution < -0.4 is 15.2 Å². The summed E-state index contributed by atoms with van der Waals surface area (Å²) in [5.74, 6) is 2.30. The number of nitrogens with two attached hydrogens (primary N) is 1. The Kier molecular flexibility index (Phi) is 3.71. The molecule has 2 aromatic rings. The maximum Gasteiger partial charge on any atom is 0.127 e. The van der Waals surface area contributed by atoms with Gasteiger partial charge in [0.25, 0.3) is 0 Å². The summed E-state index contributed by atoms with van der Waals surface area (Å²) in [6.07, 6.45) is 0. The summed E-state index contributed by atoms with van der Waals surface area (Å²) >= 11 is 0. The lowest BCUT2D eigenvalue weighted by Crippen LogP contribution is -2.12. The Labute approximate surface area is 112 Å². The number of hydrogen-bond donors (Lipinski definition) is 2. The van der Waals surface area contributed by atoms with Gasteiger partial charge in [-0.1, -0.05) is 0 Å². The number of nitrogen functional groups attached to an aromatic ring is 1. The Morgan fingerprint density at radius 1 is 1.00 bits per heavy atom. The van der Waals surface area contributed by atoms with Crippen LogP contribution in [0.1, 0.15) is 11.1 Å². The molecular weight excluding hydrogens is 240 g/mol. The first-order valence-corrected chi connectivity index (χ1v) is 5.87.